The molecule has 0 spiro atoms. The van der Waals surface area contributed by atoms with E-state index in [1.165, 1.54) is 4.68 Å². The van der Waals surface area contributed by atoms with Gasteiger partial charge in [0.15, 0.2) is 0 Å². The number of carbonyl (C=O) groups is 2. The Morgan fingerprint density at radius 1 is 1.37 bits per heavy atom. The van der Waals surface area contributed by atoms with Crippen LogP contribution in [0.4, 0.5) is 5.82 Å². The number of esters is 1. The van der Waals surface area contributed by atoms with Crippen molar-refractivity contribution in [2.24, 2.45) is 0 Å². The molecule has 0 unspecified atom stereocenters. The average molecular weight is 364 g/mol. The Kier molecular flexibility index (Phi) is 4.35. The molecule has 4 rings (SSSR count). The number of benzene rings is 1. The Morgan fingerprint density at radius 3 is 3.04 bits per heavy atom. The number of hydrogen-bond donors (Lipinski definition) is 1. The van der Waals surface area contributed by atoms with Gasteiger partial charge in [0.05, 0.1) is 17.8 Å². The predicted molar refractivity (Wildman–Crippen MR) is 100 cm³/mol. The topological polar surface area (TPSA) is 86.1 Å². The Bertz CT molecular complexity index is 1040. The van der Waals surface area contributed by atoms with Gasteiger partial charge in [-0.05, 0) is 37.6 Å². The van der Waals surface area contributed by atoms with Gasteiger partial charge in [-0.15, -0.1) is 0 Å². The molecule has 3 heterocycles. The first-order chi connectivity index (χ1) is 13.1. The van der Waals surface area contributed by atoms with Crippen molar-refractivity contribution in [1.29, 1.82) is 0 Å². The Morgan fingerprint density at radius 2 is 2.22 bits per heavy atom. The van der Waals surface area contributed by atoms with Crippen LogP contribution >= 0.6 is 0 Å². The molecule has 0 saturated carbocycles. The highest BCUT2D eigenvalue weighted by Crippen LogP contribution is 2.39. The SMILES string of the molecule is CCOC(=O)Cn1nc(C)c2c1NC(=O)C[C@H]2c1ccc2ncccc2c1. The van der Waals surface area contributed by atoms with Crippen molar-refractivity contribution in [3.8, 4) is 0 Å². The van der Waals surface area contributed by atoms with Crippen LogP contribution in [0.2, 0.25) is 0 Å². The number of nitrogens with one attached hydrogen (secondary N) is 1. The molecular weight excluding hydrogens is 344 g/mol. The molecule has 2 aromatic heterocycles. The van der Waals surface area contributed by atoms with Crippen LogP contribution in [0.15, 0.2) is 36.5 Å². The number of fused-ring (bicyclic) bond motifs is 2. The fourth-order valence-corrected chi connectivity index (χ4v) is 3.65. The minimum absolute atomic E-state index is 0.0291. The monoisotopic (exact) mass is 364 g/mol. The molecule has 27 heavy (non-hydrogen) atoms. The lowest BCUT2D eigenvalue weighted by Gasteiger charge is -2.24. The van der Waals surface area contributed by atoms with Gasteiger partial charge in [-0.25, -0.2) is 4.68 Å². The molecule has 138 valence electrons. The minimum Gasteiger partial charge on any atom is -0.465 e. The van der Waals surface area contributed by atoms with Gasteiger partial charge in [0.2, 0.25) is 5.91 Å². The maximum absolute atomic E-state index is 12.4. The van der Waals surface area contributed by atoms with Crippen molar-refractivity contribution in [3.63, 3.8) is 0 Å². The van der Waals surface area contributed by atoms with Gasteiger partial charge in [0.1, 0.15) is 12.4 Å². The fraction of sp³-hybridized carbons (Fsp3) is 0.300. The molecule has 3 aromatic rings. The molecule has 1 atom stereocenters. The summed E-state index contributed by atoms with van der Waals surface area (Å²) >= 11 is 0. The largest absolute Gasteiger partial charge is 0.465 e. The fourth-order valence-electron chi connectivity index (χ4n) is 3.65. The summed E-state index contributed by atoms with van der Waals surface area (Å²) in [5.74, 6) is -0.0119. The lowest BCUT2D eigenvalue weighted by atomic mass is 9.85. The molecule has 7 nitrogen and oxygen atoms in total. The summed E-state index contributed by atoms with van der Waals surface area (Å²) in [4.78, 5) is 28.6. The number of amides is 1. The van der Waals surface area contributed by atoms with Crippen molar-refractivity contribution in [2.75, 3.05) is 11.9 Å². The number of nitrogens with zero attached hydrogens (tertiary/aromatic N) is 3. The van der Waals surface area contributed by atoms with Crippen LogP contribution in [-0.4, -0.2) is 33.2 Å². The number of ether oxygens (including phenoxy) is 1. The zero-order chi connectivity index (χ0) is 19.0. The quantitative estimate of drug-likeness (QED) is 0.720. The van der Waals surface area contributed by atoms with Crippen LogP contribution in [0.25, 0.3) is 10.9 Å². The zero-order valence-corrected chi connectivity index (χ0v) is 15.2. The molecule has 1 amide bonds. The maximum atomic E-state index is 12.4. The van der Waals surface area contributed by atoms with Crippen LogP contribution in [0, 0.1) is 6.92 Å². The van der Waals surface area contributed by atoms with E-state index in [2.05, 4.69) is 21.5 Å². The molecule has 7 heteroatoms. The van der Waals surface area contributed by atoms with Gasteiger partial charge in [-0.2, -0.15) is 5.10 Å². The summed E-state index contributed by atoms with van der Waals surface area (Å²) in [7, 11) is 0. The maximum Gasteiger partial charge on any atom is 0.327 e. The van der Waals surface area contributed by atoms with Crippen LogP contribution in [-0.2, 0) is 20.9 Å². The molecule has 0 aliphatic carbocycles. The first-order valence-electron chi connectivity index (χ1n) is 8.94. The summed E-state index contributed by atoms with van der Waals surface area (Å²) < 4.78 is 6.54. The first kappa shape index (κ1) is 17.2. The van der Waals surface area contributed by atoms with Crippen molar-refractivity contribution in [3.05, 3.63) is 53.3 Å². The molecule has 1 aliphatic rings. The van der Waals surface area contributed by atoms with E-state index < -0.39 is 0 Å². The van der Waals surface area contributed by atoms with Crippen LogP contribution in [0.5, 0.6) is 0 Å². The van der Waals surface area contributed by atoms with E-state index in [1.807, 2.05) is 31.2 Å². The number of carbonyl (C=O) groups excluding carboxylic acids is 2. The number of anilines is 1. The van der Waals surface area contributed by atoms with Crippen LogP contribution < -0.4 is 5.32 Å². The number of aromatic nitrogens is 3. The molecule has 0 fully saturated rings. The molecule has 1 N–H and O–H groups in total. The van der Waals surface area contributed by atoms with E-state index in [0.717, 1.165) is 27.7 Å². The highest BCUT2D eigenvalue weighted by molar-refractivity contribution is 5.95. The Labute approximate surface area is 156 Å². The summed E-state index contributed by atoms with van der Waals surface area (Å²) in [5.41, 5.74) is 3.69. The zero-order valence-electron chi connectivity index (χ0n) is 15.2. The van der Waals surface area contributed by atoms with Gasteiger partial charge in [0, 0.05) is 29.5 Å². The second-order valence-corrected chi connectivity index (χ2v) is 6.57. The smallest absolute Gasteiger partial charge is 0.327 e. The predicted octanol–water partition coefficient (Wildman–Crippen LogP) is 2.78. The van der Waals surface area contributed by atoms with Crippen LogP contribution in [0.1, 0.15) is 36.1 Å². The number of pyridine rings is 1. The van der Waals surface area contributed by atoms with Gasteiger partial charge in [-0.3, -0.25) is 14.6 Å². The van der Waals surface area contributed by atoms with E-state index in [4.69, 9.17) is 4.74 Å². The number of hydrogen-bond acceptors (Lipinski definition) is 5. The first-order valence-corrected chi connectivity index (χ1v) is 8.94. The summed E-state index contributed by atoms with van der Waals surface area (Å²) in [6.07, 6.45) is 2.10. The molecule has 0 radical (unpaired) electrons. The number of aryl methyl sites for hydroxylation is 1. The van der Waals surface area contributed by atoms with Crippen molar-refractivity contribution >= 4 is 28.6 Å². The standard InChI is InChI=1S/C20H20N4O3/c1-3-27-18(26)11-24-20-19(12(2)23-24)15(10-17(25)22-20)13-6-7-16-14(9-13)5-4-8-21-16/h4-9,15H,3,10-11H2,1-2H3,(H,22,25)/t15-/m0/s1. The van der Waals surface area contributed by atoms with Gasteiger partial charge in [0.25, 0.3) is 0 Å². The lowest BCUT2D eigenvalue weighted by Crippen LogP contribution is -2.26. The highest BCUT2D eigenvalue weighted by atomic mass is 16.5. The molecule has 0 saturated heterocycles. The van der Waals surface area contributed by atoms with E-state index in [1.54, 1.807) is 13.1 Å². The Balaban J connectivity index is 1.77. The van der Waals surface area contributed by atoms with Crippen LogP contribution in [0.3, 0.4) is 0 Å². The number of rotatable bonds is 4. The average Bonchev–Trinajstić information content (AvgIpc) is 2.96. The van der Waals surface area contributed by atoms with Gasteiger partial charge in [-0.1, -0.05) is 12.1 Å². The third-order valence-corrected chi connectivity index (χ3v) is 4.78. The van der Waals surface area contributed by atoms with Crippen molar-refractivity contribution in [1.82, 2.24) is 14.8 Å². The van der Waals surface area contributed by atoms with Gasteiger partial charge < -0.3 is 10.1 Å². The van der Waals surface area contributed by atoms with E-state index >= 15 is 0 Å². The molecule has 1 aromatic carbocycles. The highest BCUT2D eigenvalue weighted by Gasteiger charge is 2.32. The van der Waals surface area contributed by atoms with Crippen molar-refractivity contribution in [2.45, 2.75) is 32.7 Å². The molecule has 1 aliphatic heterocycles. The third-order valence-electron chi connectivity index (χ3n) is 4.78. The summed E-state index contributed by atoms with van der Waals surface area (Å²) in [5, 5.41) is 8.38. The normalized spacial score (nSPS) is 16.1. The van der Waals surface area contributed by atoms with Gasteiger partial charge >= 0.3 is 5.97 Å². The third kappa shape index (κ3) is 3.16. The minimum atomic E-state index is -0.379. The van der Waals surface area contributed by atoms with E-state index in [9.17, 15) is 9.59 Å². The second kappa shape index (κ2) is 6.83. The summed E-state index contributed by atoms with van der Waals surface area (Å²) in [6, 6.07) is 9.94. The molecular formula is C20H20N4O3. The van der Waals surface area contributed by atoms with E-state index in [0.29, 0.717) is 18.8 Å². The molecule has 0 bridgehead atoms. The van der Waals surface area contributed by atoms with Crippen molar-refractivity contribution < 1.29 is 14.3 Å². The lowest BCUT2D eigenvalue weighted by molar-refractivity contribution is -0.144. The second-order valence-electron chi connectivity index (χ2n) is 6.57. The summed E-state index contributed by atoms with van der Waals surface area (Å²) in [6.45, 7) is 3.93. The van der Waals surface area contributed by atoms with E-state index in [-0.39, 0.29) is 24.3 Å². The Hall–Kier alpha value is -3.22.